The Morgan fingerprint density at radius 2 is 1.27 bits per heavy atom. The minimum absolute atomic E-state index is 0.126. The first-order valence-electron chi connectivity index (χ1n) is 17.5. The quantitative estimate of drug-likeness (QED) is 0.0721. The summed E-state index contributed by atoms with van der Waals surface area (Å²) in [6.07, 6.45) is 1.32. The van der Waals surface area contributed by atoms with Crippen molar-refractivity contribution in [2.75, 3.05) is 19.8 Å². The summed E-state index contributed by atoms with van der Waals surface area (Å²) in [4.78, 5) is 0. The molecule has 0 fully saturated rings. The summed E-state index contributed by atoms with van der Waals surface area (Å²) in [6.45, 7) is 42.3. The van der Waals surface area contributed by atoms with Crippen molar-refractivity contribution in [3.8, 4) is 0 Å². The van der Waals surface area contributed by atoms with Gasteiger partial charge in [0.05, 0.1) is 43.8 Å². The van der Waals surface area contributed by atoms with E-state index in [4.69, 9.17) is 22.3 Å². The van der Waals surface area contributed by atoms with Crippen molar-refractivity contribution in [1.82, 2.24) is 0 Å². The zero-order chi connectivity index (χ0) is 35.8. The molecule has 7 nitrogen and oxygen atoms in total. The molecule has 1 N–H and O–H groups in total. The van der Waals surface area contributed by atoms with Crippen molar-refractivity contribution in [1.29, 1.82) is 0 Å². The van der Waals surface area contributed by atoms with Crippen LogP contribution in [0.2, 0.25) is 54.4 Å². The van der Waals surface area contributed by atoms with E-state index in [1.165, 1.54) is 0 Å². The van der Waals surface area contributed by atoms with Crippen molar-refractivity contribution < 1.29 is 32.0 Å². The highest BCUT2D eigenvalue weighted by Crippen LogP contribution is 2.55. The predicted molar refractivity (Wildman–Crippen MR) is 201 cm³/mol. The predicted octanol–water partition coefficient (Wildman–Crippen LogP) is 10.8. The molecule has 0 saturated heterocycles. The zero-order valence-electron chi connectivity index (χ0n) is 32.9. The van der Waals surface area contributed by atoms with E-state index >= 15 is 0 Å². The molecule has 2 unspecified atom stereocenters. The van der Waals surface area contributed by atoms with Crippen molar-refractivity contribution in [3.63, 3.8) is 0 Å². The molecule has 0 spiro atoms. The molecule has 0 saturated carbocycles. The standard InChI is InChI=1S/C34H75O7PSi3/c1-20-37-42(36,38-21-2)30(11)33(35)29(10)32(40-43(15,16)17)24-31(41-45(25(3)4,26(5)6)27(7)8)28(9)22-23-39-44(18,19)34(12,13)14/h22,25-27,29-33,35H,20-21,23-24H2,1-19H3/b28-22+/t29-,30?,31-,32-,33?/m0/s1. The monoisotopic (exact) mass is 710 g/mol. The van der Waals surface area contributed by atoms with Gasteiger partial charge in [-0.25, -0.2) is 0 Å². The third-order valence-electron chi connectivity index (χ3n) is 9.90. The van der Waals surface area contributed by atoms with Crippen molar-refractivity contribution >= 4 is 32.5 Å². The molecule has 0 heterocycles. The number of aliphatic hydroxyl groups excluding tert-OH is 1. The highest BCUT2D eigenvalue weighted by atomic mass is 31.2. The van der Waals surface area contributed by atoms with Gasteiger partial charge in [0.1, 0.15) is 0 Å². The molecule has 0 aliphatic carbocycles. The summed E-state index contributed by atoms with van der Waals surface area (Å²) in [5.41, 5.74) is 1.68. The van der Waals surface area contributed by atoms with Crippen molar-refractivity contribution in [2.24, 2.45) is 5.92 Å². The Kier molecular flexibility index (Phi) is 18.6. The minimum Gasteiger partial charge on any atom is -0.414 e. The number of aliphatic hydroxyl groups is 1. The van der Waals surface area contributed by atoms with Gasteiger partial charge in [-0.15, -0.1) is 0 Å². The maximum absolute atomic E-state index is 13.7. The Hall–Kier alpha value is 0.381. The largest absolute Gasteiger partial charge is 0.414 e. The Bertz CT molecular complexity index is 909. The molecular formula is C34H75O7PSi3. The highest BCUT2D eigenvalue weighted by molar-refractivity contribution is 7.54. The Morgan fingerprint density at radius 3 is 1.62 bits per heavy atom. The molecule has 0 rings (SSSR count). The summed E-state index contributed by atoms with van der Waals surface area (Å²) in [6, 6.07) is 0. The molecule has 11 heteroatoms. The first kappa shape index (κ1) is 45.4. The molecule has 0 bridgehead atoms. The fraction of sp³-hybridized carbons (Fsp3) is 0.941. The lowest BCUT2D eigenvalue weighted by Gasteiger charge is -2.46. The second-order valence-corrected chi connectivity index (χ2v) is 33.5. The van der Waals surface area contributed by atoms with E-state index < -0.39 is 44.3 Å². The molecule has 0 aromatic heterocycles. The Labute approximate surface area is 282 Å². The lowest BCUT2D eigenvalue weighted by molar-refractivity contribution is 0.00654. The van der Waals surface area contributed by atoms with Crippen LogP contribution in [-0.2, 0) is 26.9 Å². The van der Waals surface area contributed by atoms with Crippen LogP contribution in [0.25, 0.3) is 0 Å². The lowest BCUT2D eigenvalue weighted by Crippen LogP contribution is -2.52. The van der Waals surface area contributed by atoms with E-state index in [2.05, 4.69) is 108 Å². The van der Waals surface area contributed by atoms with Crippen LogP contribution in [0.15, 0.2) is 11.6 Å². The fourth-order valence-corrected chi connectivity index (χ4v) is 15.9. The van der Waals surface area contributed by atoms with Gasteiger partial charge in [-0.3, -0.25) is 4.57 Å². The molecule has 270 valence electrons. The first-order chi connectivity index (χ1) is 20.2. The average molecular weight is 711 g/mol. The van der Waals surface area contributed by atoms with E-state index in [1.54, 1.807) is 20.8 Å². The van der Waals surface area contributed by atoms with E-state index in [0.29, 0.717) is 29.7 Å². The van der Waals surface area contributed by atoms with Crippen LogP contribution in [-0.4, -0.2) is 73.9 Å². The van der Waals surface area contributed by atoms with E-state index in [1.807, 2.05) is 6.92 Å². The topological polar surface area (TPSA) is 83.5 Å². The second kappa shape index (κ2) is 18.4. The van der Waals surface area contributed by atoms with Gasteiger partial charge in [0, 0.05) is 12.3 Å². The number of hydrogen-bond donors (Lipinski definition) is 1. The van der Waals surface area contributed by atoms with Crippen molar-refractivity contribution in [3.05, 3.63) is 11.6 Å². The van der Waals surface area contributed by atoms with E-state index in [0.717, 1.165) is 5.57 Å². The van der Waals surface area contributed by atoms with Crippen LogP contribution in [0.4, 0.5) is 0 Å². The van der Waals surface area contributed by atoms with Crippen molar-refractivity contribution in [2.45, 2.75) is 182 Å². The molecule has 0 amide bonds. The smallest absolute Gasteiger partial charge is 0.336 e. The van der Waals surface area contributed by atoms with Gasteiger partial charge in [0.15, 0.2) is 16.6 Å². The maximum atomic E-state index is 13.7. The van der Waals surface area contributed by atoms with Gasteiger partial charge in [0.2, 0.25) is 8.32 Å². The summed E-state index contributed by atoms with van der Waals surface area (Å²) in [5.74, 6) is -0.337. The van der Waals surface area contributed by atoms with Crippen LogP contribution in [0, 0.1) is 5.92 Å². The number of hydrogen-bond acceptors (Lipinski definition) is 7. The van der Waals surface area contributed by atoms with Gasteiger partial charge in [0.25, 0.3) is 0 Å². The summed E-state index contributed by atoms with van der Waals surface area (Å²) >= 11 is 0. The molecule has 0 radical (unpaired) electrons. The molecule has 45 heavy (non-hydrogen) atoms. The molecular weight excluding hydrogens is 636 g/mol. The molecule has 0 aliphatic heterocycles. The lowest BCUT2D eigenvalue weighted by atomic mass is 9.91. The van der Waals surface area contributed by atoms with Crippen LogP contribution in [0.1, 0.15) is 103 Å². The summed E-state index contributed by atoms with van der Waals surface area (Å²) < 4.78 is 45.9. The van der Waals surface area contributed by atoms with Gasteiger partial charge in [-0.2, -0.15) is 0 Å². The van der Waals surface area contributed by atoms with Crippen LogP contribution < -0.4 is 0 Å². The zero-order valence-corrected chi connectivity index (χ0v) is 36.8. The SMILES string of the molecule is CCOP(=O)(OCC)C(C)C(O)[C@@H](C)[C@H](C[C@H](O[Si](C(C)C)(C(C)C)C(C)C)/C(C)=C/CO[Si](C)(C)C(C)(C)C)O[Si](C)(C)C. The van der Waals surface area contributed by atoms with E-state index in [-0.39, 0.29) is 36.4 Å². The molecule has 0 aromatic carbocycles. The van der Waals surface area contributed by atoms with Crippen LogP contribution in [0.5, 0.6) is 0 Å². The summed E-state index contributed by atoms with van der Waals surface area (Å²) in [7, 11) is -9.80. The minimum atomic E-state index is -3.52. The van der Waals surface area contributed by atoms with Gasteiger partial charge in [-0.05, 0) is 87.7 Å². The maximum Gasteiger partial charge on any atom is 0.336 e. The highest BCUT2D eigenvalue weighted by Gasteiger charge is 2.48. The van der Waals surface area contributed by atoms with Gasteiger partial charge in [-0.1, -0.05) is 75.3 Å². The fourth-order valence-electron chi connectivity index (χ4n) is 6.22. The molecule has 5 atom stereocenters. The van der Waals surface area contributed by atoms with Gasteiger partial charge < -0.3 is 27.4 Å². The third kappa shape index (κ3) is 13.0. The number of rotatable bonds is 21. The first-order valence-corrected chi connectivity index (χ1v) is 27.5. The molecule has 0 aromatic rings. The Morgan fingerprint density at radius 1 is 0.822 bits per heavy atom. The second-order valence-electron chi connectivity index (χ2n) is 16.4. The van der Waals surface area contributed by atoms with Gasteiger partial charge >= 0.3 is 7.60 Å². The third-order valence-corrected chi connectivity index (χ3v) is 24.1. The average Bonchev–Trinajstić information content (AvgIpc) is 2.87. The van der Waals surface area contributed by atoms with Crippen LogP contribution >= 0.6 is 7.60 Å². The normalized spacial score (nSPS) is 18.1. The van der Waals surface area contributed by atoms with Crippen LogP contribution in [0.3, 0.4) is 0 Å². The molecule has 0 aliphatic rings. The Balaban J connectivity index is 6.89. The van der Waals surface area contributed by atoms with E-state index in [9.17, 15) is 9.67 Å². The summed E-state index contributed by atoms with van der Waals surface area (Å²) in [5, 5.41) is 11.9.